The number of amides is 1. The van der Waals surface area contributed by atoms with Crippen molar-refractivity contribution in [3.05, 3.63) is 12.7 Å². The SMILES string of the molecule is C=CCOC(=O)NCCCC[C@H](NC)C(C)=O. The van der Waals surface area contributed by atoms with Crippen LogP contribution in [0.15, 0.2) is 12.7 Å². The molecule has 0 aromatic carbocycles. The van der Waals surface area contributed by atoms with Crippen molar-refractivity contribution in [2.45, 2.75) is 32.2 Å². The molecule has 0 bridgehead atoms. The van der Waals surface area contributed by atoms with Crippen molar-refractivity contribution in [3.63, 3.8) is 0 Å². The summed E-state index contributed by atoms with van der Waals surface area (Å²) in [5.74, 6) is 0.144. The highest BCUT2D eigenvalue weighted by Crippen LogP contribution is 2.01. The molecule has 0 heterocycles. The van der Waals surface area contributed by atoms with Crippen molar-refractivity contribution in [3.8, 4) is 0 Å². The topological polar surface area (TPSA) is 67.4 Å². The lowest BCUT2D eigenvalue weighted by atomic mass is 10.1. The van der Waals surface area contributed by atoms with Crippen LogP contribution >= 0.6 is 0 Å². The molecule has 98 valence electrons. The van der Waals surface area contributed by atoms with Crippen LogP contribution in [0.3, 0.4) is 0 Å². The van der Waals surface area contributed by atoms with Crippen molar-refractivity contribution in [1.29, 1.82) is 0 Å². The first kappa shape index (κ1) is 15.6. The van der Waals surface area contributed by atoms with Gasteiger partial charge in [-0.15, -0.1) is 0 Å². The van der Waals surface area contributed by atoms with Gasteiger partial charge in [0.1, 0.15) is 12.4 Å². The fourth-order valence-corrected chi connectivity index (χ4v) is 1.40. The Kier molecular flexibility index (Phi) is 9.05. The van der Waals surface area contributed by atoms with Crippen LogP contribution in [0.1, 0.15) is 26.2 Å². The van der Waals surface area contributed by atoms with E-state index in [2.05, 4.69) is 17.2 Å². The maximum atomic E-state index is 11.1. The fraction of sp³-hybridized carbons (Fsp3) is 0.667. The van der Waals surface area contributed by atoms with E-state index < -0.39 is 6.09 Å². The number of hydrogen-bond donors (Lipinski definition) is 2. The number of nitrogens with one attached hydrogen (secondary N) is 2. The number of ketones is 1. The highest BCUT2D eigenvalue weighted by molar-refractivity contribution is 5.81. The average Bonchev–Trinajstić information content (AvgIpc) is 2.30. The van der Waals surface area contributed by atoms with Gasteiger partial charge >= 0.3 is 6.09 Å². The molecule has 0 rings (SSSR count). The van der Waals surface area contributed by atoms with E-state index in [1.807, 2.05) is 0 Å². The molecule has 0 spiro atoms. The second-order valence-corrected chi connectivity index (χ2v) is 3.76. The molecule has 0 aromatic heterocycles. The normalized spacial score (nSPS) is 11.6. The maximum absolute atomic E-state index is 11.1. The summed E-state index contributed by atoms with van der Waals surface area (Å²) in [7, 11) is 1.77. The molecule has 2 N–H and O–H groups in total. The molecule has 1 amide bonds. The lowest BCUT2D eigenvalue weighted by Gasteiger charge is -2.12. The number of carbonyl (C=O) groups excluding carboxylic acids is 2. The molecule has 0 saturated heterocycles. The quantitative estimate of drug-likeness (QED) is 0.471. The van der Waals surface area contributed by atoms with Crippen LogP contribution in [0.25, 0.3) is 0 Å². The molecule has 5 nitrogen and oxygen atoms in total. The average molecular weight is 242 g/mol. The zero-order valence-corrected chi connectivity index (χ0v) is 10.6. The van der Waals surface area contributed by atoms with Crippen LogP contribution in [0.5, 0.6) is 0 Å². The predicted octanol–water partition coefficient (Wildman–Crippen LogP) is 1.25. The standard InChI is InChI=1S/C12H22N2O3/c1-4-9-17-12(16)14-8-6-5-7-11(13-3)10(2)15/h4,11,13H,1,5-9H2,2-3H3,(H,14,16)/t11-/m0/s1. The zero-order chi connectivity index (χ0) is 13.1. The number of hydrogen-bond acceptors (Lipinski definition) is 4. The summed E-state index contributed by atoms with van der Waals surface area (Å²) < 4.78 is 4.74. The Morgan fingerprint density at radius 1 is 1.41 bits per heavy atom. The third kappa shape index (κ3) is 8.45. The van der Waals surface area contributed by atoms with E-state index in [4.69, 9.17) is 4.74 Å². The number of Topliss-reactive ketones (excluding diaryl/α,β-unsaturated/α-hetero) is 1. The molecule has 0 unspecified atom stereocenters. The minimum absolute atomic E-state index is 0.0808. The summed E-state index contributed by atoms with van der Waals surface area (Å²) in [6.07, 6.45) is 3.59. The maximum Gasteiger partial charge on any atom is 0.407 e. The predicted molar refractivity (Wildman–Crippen MR) is 66.9 cm³/mol. The summed E-state index contributed by atoms with van der Waals surface area (Å²) in [6.45, 7) is 5.80. The van der Waals surface area contributed by atoms with Gasteiger partial charge < -0.3 is 15.4 Å². The van der Waals surface area contributed by atoms with E-state index >= 15 is 0 Å². The molecule has 0 aliphatic carbocycles. The first-order valence-electron chi connectivity index (χ1n) is 5.81. The Balaban J connectivity index is 3.48. The van der Waals surface area contributed by atoms with Gasteiger partial charge in [0.05, 0.1) is 6.04 Å². The van der Waals surface area contributed by atoms with Crippen LogP contribution in [0.4, 0.5) is 4.79 Å². The largest absolute Gasteiger partial charge is 0.445 e. The van der Waals surface area contributed by atoms with E-state index in [1.165, 1.54) is 6.08 Å². The van der Waals surface area contributed by atoms with Crippen LogP contribution in [-0.4, -0.2) is 38.1 Å². The van der Waals surface area contributed by atoms with Gasteiger partial charge in [-0.2, -0.15) is 0 Å². The molecular weight excluding hydrogens is 220 g/mol. The van der Waals surface area contributed by atoms with Crippen LogP contribution in [0.2, 0.25) is 0 Å². The lowest BCUT2D eigenvalue weighted by Crippen LogP contribution is -2.32. The van der Waals surface area contributed by atoms with E-state index in [-0.39, 0.29) is 18.4 Å². The van der Waals surface area contributed by atoms with Crippen LogP contribution in [-0.2, 0) is 9.53 Å². The molecule has 0 saturated carbocycles. The molecule has 0 aliphatic heterocycles. The molecule has 17 heavy (non-hydrogen) atoms. The van der Waals surface area contributed by atoms with Gasteiger partial charge in [0.2, 0.25) is 0 Å². The van der Waals surface area contributed by atoms with Gasteiger partial charge in [-0.3, -0.25) is 4.79 Å². The Bertz CT molecular complexity index is 254. The van der Waals surface area contributed by atoms with Crippen molar-refractivity contribution in [2.24, 2.45) is 0 Å². The Labute approximate surface area is 103 Å². The molecule has 0 radical (unpaired) electrons. The lowest BCUT2D eigenvalue weighted by molar-refractivity contribution is -0.119. The van der Waals surface area contributed by atoms with Crippen molar-refractivity contribution >= 4 is 11.9 Å². The van der Waals surface area contributed by atoms with Gasteiger partial charge in [-0.1, -0.05) is 12.7 Å². The molecule has 0 aromatic rings. The molecular formula is C12H22N2O3. The number of rotatable bonds is 9. The smallest absolute Gasteiger partial charge is 0.407 e. The van der Waals surface area contributed by atoms with Gasteiger partial charge in [0.25, 0.3) is 0 Å². The highest BCUT2D eigenvalue weighted by atomic mass is 16.5. The summed E-state index contributed by atoms with van der Waals surface area (Å²) in [4.78, 5) is 22.1. The van der Waals surface area contributed by atoms with E-state index in [1.54, 1.807) is 14.0 Å². The summed E-state index contributed by atoms with van der Waals surface area (Å²) in [6, 6.07) is -0.0808. The van der Waals surface area contributed by atoms with Crippen LogP contribution < -0.4 is 10.6 Å². The summed E-state index contributed by atoms with van der Waals surface area (Å²) >= 11 is 0. The minimum Gasteiger partial charge on any atom is -0.445 e. The second kappa shape index (κ2) is 9.84. The Morgan fingerprint density at radius 3 is 2.65 bits per heavy atom. The summed E-state index contributed by atoms with van der Waals surface area (Å²) in [5, 5.41) is 5.58. The van der Waals surface area contributed by atoms with Gasteiger partial charge in [-0.05, 0) is 33.2 Å². The fourth-order valence-electron chi connectivity index (χ4n) is 1.40. The van der Waals surface area contributed by atoms with Crippen molar-refractivity contribution in [2.75, 3.05) is 20.2 Å². The van der Waals surface area contributed by atoms with Gasteiger partial charge in [0, 0.05) is 6.54 Å². The molecule has 0 fully saturated rings. The van der Waals surface area contributed by atoms with Crippen molar-refractivity contribution in [1.82, 2.24) is 10.6 Å². The van der Waals surface area contributed by atoms with E-state index in [9.17, 15) is 9.59 Å². The van der Waals surface area contributed by atoms with E-state index in [0.29, 0.717) is 6.54 Å². The number of alkyl carbamates (subject to hydrolysis) is 1. The third-order valence-corrected chi connectivity index (χ3v) is 2.36. The molecule has 5 heteroatoms. The first-order valence-corrected chi connectivity index (χ1v) is 5.81. The molecule has 0 aliphatic rings. The summed E-state index contributed by atoms with van der Waals surface area (Å²) in [5.41, 5.74) is 0. The number of unbranched alkanes of at least 4 members (excludes halogenated alkanes) is 1. The number of ether oxygens (including phenoxy) is 1. The zero-order valence-electron chi connectivity index (χ0n) is 10.6. The molecule has 1 atom stereocenters. The number of likely N-dealkylation sites (N-methyl/N-ethyl adjacent to an activating group) is 1. The number of carbonyl (C=O) groups is 2. The monoisotopic (exact) mass is 242 g/mol. The third-order valence-electron chi connectivity index (χ3n) is 2.36. The van der Waals surface area contributed by atoms with Gasteiger partial charge in [-0.25, -0.2) is 4.79 Å². The minimum atomic E-state index is -0.429. The second-order valence-electron chi connectivity index (χ2n) is 3.76. The van der Waals surface area contributed by atoms with Gasteiger partial charge in [0.15, 0.2) is 0 Å². The highest BCUT2D eigenvalue weighted by Gasteiger charge is 2.10. The van der Waals surface area contributed by atoms with Crippen LogP contribution in [0, 0.1) is 0 Å². The Morgan fingerprint density at radius 2 is 2.12 bits per heavy atom. The Hall–Kier alpha value is -1.36. The van der Waals surface area contributed by atoms with E-state index in [0.717, 1.165) is 19.3 Å². The van der Waals surface area contributed by atoms with Crippen molar-refractivity contribution < 1.29 is 14.3 Å². The first-order chi connectivity index (χ1) is 8.11.